The summed E-state index contributed by atoms with van der Waals surface area (Å²) in [6, 6.07) is 10.5. The standard InChI is InChI=1S/C18H16N2O5S/c1-24-13-7-10(8-14(25-2)16(13)21)9-15(17(22)23)26-18-19-11-5-3-4-6-12(11)20-18/h3-9,21H,1-2H3,(H,19,20)(H,22,23)/b15-9-. The molecular formula is C18H16N2O5S. The average Bonchev–Trinajstić information content (AvgIpc) is 3.04. The van der Waals surface area contributed by atoms with Gasteiger partial charge in [0, 0.05) is 0 Å². The Morgan fingerprint density at radius 1 is 1.19 bits per heavy atom. The highest BCUT2D eigenvalue weighted by atomic mass is 32.2. The number of hydrogen-bond acceptors (Lipinski definition) is 6. The van der Waals surface area contributed by atoms with Crippen LogP contribution in [0.4, 0.5) is 0 Å². The predicted octanol–water partition coefficient (Wildman–Crippen LogP) is 3.50. The number of ether oxygens (including phenoxy) is 2. The number of phenolic OH excluding ortho intramolecular Hbond substituents is 1. The topological polar surface area (TPSA) is 105 Å². The van der Waals surface area contributed by atoms with Gasteiger partial charge in [-0.1, -0.05) is 12.1 Å². The largest absolute Gasteiger partial charge is 0.502 e. The van der Waals surface area contributed by atoms with Gasteiger partial charge in [0.05, 0.1) is 25.3 Å². The first kappa shape index (κ1) is 17.7. The summed E-state index contributed by atoms with van der Waals surface area (Å²) in [5.74, 6) is -0.862. The van der Waals surface area contributed by atoms with E-state index in [1.807, 2.05) is 24.3 Å². The predicted molar refractivity (Wildman–Crippen MR) is 98.8 cm³/mol. The van der Waals surface area contributed by atoms with Crippen molar-refractivity contribution in [2.75, 3.05) is 14.2 Å². The maximum Gasteiger partial charge on any atom is 0.342 e. The number of rotatable bonds is 6. The van der Waals surface area contributed by atoms with Crippen LogP contribution < -0.4 is 9.47 Å². The Labute approximate surface area is 153 Å². The number of aromatic nitrogens is 2. The molecule has 0 atom stereocenters. The van der Waals surface area contributed by atoms with Crippen LogP contribution >= 0.6 is 11.8 Å². The number of H-pyrrole nitrogens is 1. The van der Waals surface area contributed by atoms with Gasteiger partial charge < -0.3 is 24.7 Å². The van der Waals surface area contributed by atoms with Crippen LogP contribution in [-0.2, 0) is 4.79 Å². The molecule has 1 heterocycles. The first-order valence-corrected chi connectivity index (χ1v) is 8.36. The number of carbonyl (C=O) groups is 1. The molecule has 8 heteroatoms. The van der Waals surface area contributed by atoms with Crippen molar-refractivity contribution in [3.05, 3.63) is 46.9 Å². The Kier molecular flexibility index (Phi) is 5.04. The molecule has 0 fully saturated rings. The molecule has 7 nitrogen and oxygen atoms in total. The van der Waals surface area contributed by atoms with Gasteiger partial charge in [0.25, 0.3) is 0 Å². The third kappa shape index (κ3) is 3.60. The van der Waals surface area contributed by atoms with Crippen molar-refractivity contribution in [2.24, 2.45) is 0 Å². The minimum atomic E-state index is -1.10. The molecule has 3 N–H and O–H groups in total. The lowest BCUT2D eigenvalue weighted by atomic mass is 10.1. The molecule has 134 valence electrons. The maximum absolute atomic E-state index is 11.7. The fourth-order valence-corrected chi connectivity index (χ4v) is 3.16. The number of aliphatic carboxylic acids is 1. The van der Waals surface area contributed by atoms with Gasteiger partial charge in [-0.15, -0.1) is 0 Å². The van der Waals surface area contributed by atoms with Crippen molar-refractivity contribution in [2.45, 2.75) is 5.16 Å². The number of nitrogens with zero attached hydrogens (tertiary/aromatic N) is 1. The van der Waals surface area contributed by atoms with E-state index in [4.69, 9.17) is 9.47 Å². The summed E-state index contributed by atoms with van der Waals surface area (Å²) in [5.41, 5.74) is 2.10. The van der Waals surface area contributed by atoms with Gasteiger partial charge in [0.2, 0.25) is 5.75 Å². The number of nitrogens with one attached hydrogen (secondary N) is 1. The van der Waals surface area contributed by atoms with Gasteiger partial charge in [0.1, 0.15) is 4.91 Å². The van der Waals surface area contributed by atoms with Crippen LogP contribution in [0.15, 0.2) is 46.5 Å². The molecular weight excluding hydrogens is 356 g/mol. The summed E-state index contributed by atoms with van der Waals surface area (Å²) in [6.07, 6.45) is 1.46. The second-order valence-electron chi connectivity index (χ2n) is 5.25. The lowest BCUT2D eigenvalue weighted by Gasteiger charge is -2.10. The number of benzene rings is 2. The number of imidazole rings is 1. The van der Waals surface area contributed by atoms with Gasteiger partial charge in [0.15, 0.2) is 16.7 Å². The third-order valence-electron chi connectivity index (χ3n) is 3.58. The van der Waals surface area contributed by atoms with Gasteiger partial charge in [-0.25, -0.2) is 9.78 Å². The molecule has 3 rings (SSSR count). The molecule has 0 saturated heterocycles. The lowest BCUT2D eigenvalue weighted by Crippen LogP contribution is -1.98. The molecule has 2 aromatic carbocycles. The molecule has 0 unspecified atom stereocenters. The summed E-state index contributed by atoms with van der Waals surface area (Å²) >= 11 is 0.999. The fourth-order valence-electron chi connectivity index (χ4n) is 2.37. The molecule has 3 aromatic rings. The molecule has 0 aliphatic carbocycles. The minimum Gasteiger partial charge on any atom is -0.502 e. The first-order chi connectivity index (χ1) is 12.5. The summed E-state index contributed by atoms with van der Waals surface area (Å²) in [6.45, 7) is 0. The summed E-state index contributed by atoms with van der Waals surface area (Å²) in [7, 11) is 2.81. The lowest BCUT2D eigenvalue weighted by molar-refractivity contribution is -0.131. The maximum atomic E-state index is 11.7. The number of para-hydroxylation sites is 2. The van der Waals surface area contributed by atoms with Crippen LogP contribution in [0.25, 0.3) is 17.1 Å². The highest BCUT2D eigenvalue weighted by Gasteiger charge is 2.15. The highest BCUT2D eigenvalue weighted by Crippen LogP contribution is 2.38. The zero-order valence-corrected chi connectivity index (χ0v) is 14.8. The number of thioether (sulfide) groups is 1. The SMILES string of the molecule is COc1cc(/C=C(\Sc2nc3ccccc3[nH]2)C(=O)O)cc(OC)c1O. The molecule has 0 spiro atoms. The van der Waals surface area contributed by atoms with Gasteiger partial charge in [-0.3, -0.25) is 0 Å². The second-order valence-corrected chi connectivity index (χ2v) is 6.28. The van der Waals surface area contributed by atoms with Crippen molar-refractivity contribution in [1.29, 1.82) is 0 Å². The van der Waals surface area contributed by atoms with Crippen LogP contribution in [-0.4, -0.2) is 40.4 Å². The Balaban J connectivity index is 1.98. The summed E-state index contributed by atoms with van der Waals surface area (Å²) in [5, 5.41) is 20.0. The van der Waals surface area contributed by atoms with Gasteiger partial charge in [-0.2, -0.15) is 0 Å². The van der Waals surface area contributed by atoms with Crippen LogP contribution in [0.1, 0.15) is 5.56 Å². The molecule has 26 heavy (non-hydrogen) atoms. The van der Waals surface area contributed by atoms with Crippen molar-refractivity contribution in [3.63, 3.8) is 0 Å². The van der Waals surface area contributed by atoms with Gasteiger partial charge in [-0.05, 0) is 47.7 Å². The number of carboxylic acids is 1. The molecule has 0 aliphatic rings. The number of aromatic hydroxyl groups is 1. The zero-order chi connectivity index (χ0) is 18.7. The average molecular weight is 372 g/mol. The van der Waals surface area contributed by atoms with E-state index in [1.165, 1.54) is 32.4 Å². The number of fused-ring (bicyclic) bond motifs is 1. The van der Waals surface area contributed by atoms with E-state index in [1.54, 1.807) is 0 Å². The number of aromatic amines is 1. The third-order valence-corrected chi connectivity index (χ3v) is 4.48. The molecule has 1 aromatic heterocycles. The Morgan fingerprint density at radius 3 is 2.42 bits per heavy atom. The molecule has 0 saturated carbocycles. The van der Waals surface area contributed by atoms with E-state index in [9.17, 15) is 15.0 Å². The monoisotopic (exact) mass is 372 g/mol. The fraction of sp³-hybridized carbons (Fsp3) is 0.111. The van der Waals surface area contributed by atoms with Crippen molar-refractivity contribution in [3.8, 4) is 17.2 Å². The Bertz CT molecular complexity index is 938. The van der Waals surface area contributed by atoms with E-state index in [0.29, 0.717) is 10.7 Å². The molecule has 0 bridgehead atoms. The van der Waals surface area contributed by atoms with Crippen LogP contribution in [0.2, 0.25) is 0 Å². The Morgan fingerprint density at radius 2 is 1.85 bits per heavy atom. The smallest absolute Gasteiger partial charge is 0.342 e. The van der Waals surface area contributed by atoms with Crippen LogP contribution in [0, 0.1) is 0 Å². The van der Waals surface area contributed by atoms with Gasteiger partial charge >= 0.3 is 5.97 Å². The van der Waals surface area contributed by atoms with E-state index < -0.39 is 5.97 Å². The van der Waals surface area contributed by atoms with Crippen molar-refractivity contribution in [1.82, 2.24) is 9.97 Å². The molecule has 0 radical (unpaired) electrons. The van der Waals surface area contributed by atoms with E-state index >= 15 is 0 Å². The number of methoxy groups -OCH3 is 2. The molecule has 0 aliphatic heterocycles. The number of carboxylic acid groups (broad SMARTS) is 1. The highest BCUT2D eigenvalue weighted by molar-refractivity contribution is 8.04. The van der Waals surface area contributed by atoms with Crippen molar-refractivity contribution < 1.29 is 24.5 Å². The second kappa shape index (κ2) is 7.40. The normalized spacial score (nSPS) is 11.5. The van der Waals surface area contributed by atoms with E-state index in [-0.39, 0.29) is 22.2 Å². The zero-order valence-electron chi connectivity index (χ0n) is 14.0. The Hall–Kier alpha value is -3.13. The first-order valence-electron chi connectivity index (χ1n) is 7.54. The van der Waals surface area contributed by atoms with E-state index in [0.717, 1.165) is 22.8 Å². The van der Waals surface area contributed by atoms with Crippen LogP contribution in [0.3, 0.4) is 0 Å². The van der Waals surface area contributed by atoms with Crippen LogP contribution in [0.5, 0.6) is 17.2 Å². The van der Waals surface area contributed by atoms with E-state index in [2.05, 4.69) is 9.97 Å². The number of hydrogen-bond donors (Lipinski definition) is 3. The summed E-state index contributed by atoms with van der Waals surface area (Å²) in [4.78, 5) is 19.2. The van der Waals surface area contributed by atoms with Crippen molar-refractivity contribution >= 4 is 34.8 Å². The number of phenols is 1. The molecule has 0 amide bonds. The summed E-state index contributed by atoms with van der Waals surface area (Å²) < 4.78 is 10.2. The minimum absolute atomic E-state index is 0.0545. The quantitative estimate of drug-likeness (QED) is 0.449.